The van der Waals surface area contributed by atoms with Gasteiger partial charge in [-0.25, -0.2) is 0 Å². The molecule has 0 amide bonds. The first-order valence-corrected chi connectivity index (χ1v) is 32.2. The molecule has 0 atom stereocenters. The number of rotatable bonds is 27. The molecular formula is C31H74O4Si5. The van der Waals surface area contributed by atoms with Crippen LogP contribution in [-0.2, 0) is 16.5 Å². The molecule has 40 heavy (non-hydrogen) atoms. The zero-order chi connectivity index (χ0) is 30.8. The molecule has 0 fully saturated rings. The summed E-state index contributed by atoms with van der Waals surface area (Å²) in [5.74, 6) is 0. The molecule has 0 saturated heterocycles. The zero-order valence-electron chi connectivity index (χ0n) is 29.6. The van der Waals surface area contributed by atoms with Crippen molar-refractivity contribution in [3.05, 3.63) is 0 Å². The minimum atomic E-state index is -2.33. The van der Waals surface area contributed by atoms with Gasteiger partial charge in [0, 0.05) is 0 Å². The predicted octanol–water partition coefficient (Wildman–Crippen LogP) is 12.2. The van der Waals surface area contributed by atoms with Crippen molar-refractivity contribution in [2.75, 3.05) is 0 Å². The minimum Gasteiger partial charge on any atom is -0.437 e. The fourth-order valence-electron chi connectivity index (χ4n) is 6.15. The minimum absolute atomic E-state index is 1.23. The van der Waals surface area contributed by atoms with E-state index in [1.807, 2.05) is 0 Å². The molecule has 0 aliphatic carbocycles. The van der Waals surface area contributed by atoms with Crippen LogP contribution in [0.25, 0.3) is 0 Å². The Hall–Kier alpha value is 0.924. The van der Waals surface area contributed by atoms with Crippen molar-refractivity contribution in [3.63, 3.8) is 0 Å². The topological polar surface area (TPSA) is 36.9 Å². The van der Waals surface area contributed by atoms with Gasteiger partial charge in [-0.3, -0.25) is 0 Å². The quantitative estimate of drug-likeness (QED) is 0.0654. The van der Waals surface area contributed by atoms with Gasteiger partial charge in [-0.05, 0) is 78.1 Å². The third kappa shape index (κ3) is 26.5. The predicted molar refractivity (Wildman–Crippen MR) is 191 cm³/mol. The maximum Gasteiger partial charge on any atom is 0.314 e. The van der Waals surface area contributed by atoms with Crippen LogP contribution in [0, 0.1) is 0 Å². The molecule has 0 bridgehead atoms. The molecule has 0 heterocycles. The van der Waals surface area contributed by atoms with Crippen LogP contribution in [-0.4, -0.2) is 42.3 Å². The first kappa shape index (κ1) is 40.9. The van der Waals surface area contributed by atoms with Gasteiger partial charge in [0.05, 0.1) is 0 Å². The molecule has 0 aliphatic rings. The zero-order valence-corrected chi connectivity index (χ0v) is 34.6. The van der Waals surface area contributed by atoms with Gasteiger partial charge in [0.2, 0.25) is 0 Å². The molecule has 0 spiro atoms. The van der Waals surface area contributed by atoms with Gasteiger partial charge in [-0.1, -0.05) is 122 Å². The molecule has 0 aromatic heterocycles. The molecule has 242 valence electrons. The molecule has 0 saturated carbocycles. The lowest BCUT2D eigenvalue weighted by Crippen LogP contribution is -2.58. The molecule has 9 heteroatoms. The summed E-state index contributed by atoms with van der Waals surface area (Å²) in [4.78, 5) is 0. The molecular weight excluding hydrogens is 577 g/mol. The van der Waals surface area contributed by atoms with Crippen LogP contribution in [0.5, 0.6) is 0 Å². The van der Waals surface area contributed by atoms with Crippen molar-refractivity contribution in [1.82, 2.24) is 0 Å². The molecule has 0 aromatic rings. The highest BCUT2D eigenvalue weighted by Gasteiger charge is 2.45. The summed E-state index contributed by atoms with van der Waals surface area (Å²) in [6.45, 7) is 26.8. The lowest BCUT2D eigenvalue weighted by Gasteiger charge is -2.42. The van der Waals surface area contributed by atoms with Crippen molar-refractivity contribution in [3.8, 4) is 0 Å². The molecule has 0 rings (SSSR count). The van der Waals surface area contributed by atoms with E-state index in [-0.39, 0.29) is 0 Å². The standard InChI is InChI=1S/C31H74O4Si5/c1-13-14-15-16-17-18-19-20-21-22-23-24-25-26-27-28-29-30-31-37(5,6)33-39(9,10)35-40(11,12)34-38(7,8)32-36(2,3)4/h13-31H2,1-12H3. The largest absolute Gasteiger partial charge is 0.437 e. The van der Waals surface area contributed by atoms with E-state index < -0.39 is 42.3 Å². The fourth-order valence-corrected chi connectivity index (χ4v) is 30.0. The maximum atomic E-state index is 6.80. The second-order valence-corrected chi connectivity index (χ2v) is 35.1. The highest BCUT2D eigenvalue weighted by Crippen LogP contribution is 2.28. The first-order valence-electron chi connectivity index (χ1n) is 17.2. The van der Waals surface area contributed by atoms with E-state index >= 15 is 0 Å². The van der Waals surface area contributed by atoms with E-state index in [4.69, 9.17) is 16.5 Å². The SMILES string of the molecule is CCCCCCCCCCCCCCCCCCCC[Si](C)(C)O[Si](C)(C)O[Si](C)(C)O[Si](C)(C)O[Si](C)(C)C. The molecule has 0 radical (unpaired) electrons. The molecule has 0 unspecified atom stereocenters. The monoisotopic (exact) mass is 650 g/mol. The van der Waals surface area contributed by atoms with E-state index in [1.54, 1.807) is 0 Å². The Bertz CT molecular complexity index is 621. The van der Waals surface area contributed by atoms with Crippen LogP contribution >= 0.6 is 0 Å². The summed E-state index contributed by atoms with van der Waals surface area (Å²) in [5, 5.41) is 0. The average molecular weight is 651 g/mol. The van der Waals surface area contributed by atoms with E-state index in [0.29, 0.717) is 0 Å². The van der Waals surface area contributed by atoms with Crippen molar-refractivity contribution >= 4 is 42.3 Å². The number of unbranched alkanes of at least 4 members (excludes halogenated alkanes) is 17. The maximum absolute atomic E-state index is 6.80. The number of hydrogen-bond donors (Lipinski definition) is 0. The second kappa shape index (κ2) is 20.8. The summed E-state index contributed by atoms with van der Waals surface area (Å²) in [7, 11) is -10.2. The Morgan fingerprint density at radius 1 is 0.325 bits per heavy atom. The summed E-state index contributed by atoms with van der Waals surface area (Å²) in [6.07, 6.45) is 25.6. The Balaban J connectivity index is 3.94. The Morgan fingerprint density at radius 2 is 0.600 bits per heavy atom. The van der Waals surface area contributed by atoms with Crippen LogP contribution in [0.3, 0.4) is 0 Å². The highest BCUT2D eigenvalue weighted by molar-refractivity contribution is 6.90. The van der Waals surface area contributed by atoms with Gasteiger partial charge in [0.25, 0.3) is 0 Å². The third-order valence-electron chi connectivity index (χ3n) is 7.19. The van der Waals surface area contributed by atoms with Gasteiger partial charge in [-0.15, -0.1) is 0 Å². The second-order valence-electron chi connectivity index (χ2n) is 15.2. The van der Waals surface area contributed by atoms with Crippen LogP contribution in [0.15, 0.2) is 0 Å². The Labute approximate surface area is 258 Å². The summed E-state index contributed by atoms with van der Waals surface area (Å²) >= 11 is 0. The van der Waals surface area contributed by atoms with Crippen molar-refractivity contribution in [1.29, 1.82) is 0 Å². The van der Waals surface area contributed by atoms with E-state index in [2.05, 4.69) is 78.9 Å². The van der Waals surface area contributed by atoms with Gasteiger partial charge in [0.15, 0.2) is 16.6 Å². The number of hydrogen-bond acceptors (Lipinski definition) is 4. The van der Waals surface area contributed by atoms with Gasteiger partial charge >= 0.3 is 25.7 Å². The summed E-state index contributed by atoms with van der Waals surface area (Å²) in [5.41, 5.74) is 0. The highest BCUT2D eigenvalue weighted by atomic mass is 28.5. The molecule has 0 aliphatic heterocycles. The van der Waals surface area contributed by atoms with Crippen LogP contribution in [0.1, 0.15) is 122 Å². The summed E-state index contributed by atoms with van der Waals surface area (Å²) in [6, 6.07) is 1.23. The molecule has 0 aromatic carbocycles. The first-order chi connectivity index (χ1) is 18.4. The van der Waals surface area contributed by atoms with Crippen LogP contribution in [0.4, 0.5) is 0 Å². The smallest absolute Gasteiger partial charge is 0.314 e. The lowest BCUT2D eigenvalue weighted by atomic mass is 10.0. The third-order valence-corrected chi connectivity index (χ3v) is 25.2. The van der Waals surface area contributed by atoms with Crippen LogP contribution in [0.2, 0.25) is 78.1 Å². The summed E-state index contributed by atoms with van der Waals surface area (Å²) < 4.78 is 26.5. The van der Waals surface area contributed by atoms with Gasteiger partial charge in [0.1, 0.15) is 0 Å². The van der Waals surface area contributed by atoms with Gasteiger partial charge in [-0.2, -0.15) is 0 Å². The van der Waals surface area contributed by atoms with E-state index in [9.17, 15) is 0 Å². The Morgan fingerprint density at radius 3 is 0.925 bits per heavy atom. The molecule has 0 N–H and O–H groups in total. The van der Waals surface area contributed by atoms with Crippen molar-refractivity contribution in [2.24, 2.45) is 0 Å². The fraction of sp³-hybridized carbons (Fsp3) is 1.00. The van der Waals surface area contributed by atoms with Crippen LogP contribution < -0.4 is 0 Å². The lowest BCUT2D eigenvalue weighted by molar-refractivity contribution is 0.299. The van der Waals surface area contributed by atoms with Crippen molar-refractivity contribution < 1.29 is 16.5 Å². The van der Waals surface area contributed by atoms with Gasteiger partial charge < -0.3 is 16.5 Å². The normalized spacial score (nSPS) is 13.8. The average Bonchev–Trinajstić information content (AvgIpc) is 2.73. The Kier molecular flexibility index (Phi) is 21.3. The van der Waals surface area contributed by atoms with E-state index in [0.717, 1.165) is 0 Å². The van der Waals surface area contributed by atoms with E-state index in [1.165, 1.54) is 122 Å². The van der Waals surface area contributed by atoms with Crippen molar-refractivity contribution in [2.45, 2.75) is 201 Å². The molecule has 4 nitrogen and oxygen atoms in total.